The summed E-state index contributed by atoms with van der Waals surface area (Å²) in [4.78, 5) is 13.3. The number of aliphatic carboxylic acids is 1. The molecule has 5 heteroatoms. The van der Waals surface area contributed by atoms with Crippen LogP contribution in [-0.4, -0.2) is 48.4 Å². The van der Waals surface area contributed by atoms with E-state index in [1.807, 2.05) is 24.3 Å². The van der Waals surface area contributed by atoms with E-state index in [1.165, 1.54) is 12.5 Å². The van der Waals surface area contributed by atoms with Gasteiger partial charge in [-0.15, -0.1) is 0 Å². The zero-order valence-corrected chi connectivity index (χ0v) is 13.1. The SMILES string of the molecule is CC(Oc1ccc(CN2CC3COCC3(C)C2)cc1)C(=O)O. The second-order valence-corrected chi connectivity index (χ2v) is 6.78. The van der Waals surface area contributed by atoms with Gasteiger partial charge in [-0.3, -0.25) is 4.90 Å². The number of hydrogen-bond donors (Lipinski definition) is 1. The highest BCUT2D eigenvalue weighted by molar-refractivity contribution is 5.72. The summed E-state index contributed by atoms with van der Waals surface area (Å²) < 4.78 is 10.9. The highest BCUT2D eigenvalue weighted by Gasteiger charge is 2.46. The molecule has 2 aliphatic rings. The molecule has 3 atom stereocenters. The Morgan fingerprint density at radius 1 is 1.50 bits per heavy atom. The molecule has 0 aromatic heterocycles. The van der Waals surface area contributed by atoms with E-state index in [0.717, 1.165) is 32.8 Å². The molecule has 0 radical (unpaired) electrons. The van der Waals surface area contributed by atoms with Gasteiger partial charge in [-0.2, -0.15) is 0 Å². The predicted molar refractivity (Wildman–Crippen MR) is 81.9 cm³/mol. The number of carboxylic acid groups (broad SMARTS) is 1. The quantitative estimate of drug-likeness (QED) is 0.902. The number of hydrogen-bond acceptors (Lipinski definition) is 4. The number of fused-ring (bicyclic) bond motifs is 1. The van der Waals surface area contributed by atoms with E-state index in [4.69, 9.17) is 14.6 Å². The molecule has 2 heterocycles. The largest absolute Gasteiger partial charge is 0.479 e. The number of ether oxygens (including phenoxy) is 2. The standard InChI is InChI=1S/C17H23NO4/c1-12(16(19)20)22-15-5-3-13(4-6-15)7-18-8-14-9-21-11-17(14,2)10-18/h3-6,12,14H,7-11H2,1-2H3,(H,19,20). The van der Waals surface area contributed by atoms with Gasteiger partial charge in [0, 0.05) is 31.0 Å². The van der Waals surface area contributed by atoms with Crippen molar-refractivity contribution in [1.82, 2.24) is 4.90 Å². The number of benzene rings is 1. The van der Waals surface area contributed by atoms with Crippen molar-refractivity contribution < 1.29 is 19.4 Å². The molecule has 0 spiro atoms. The van der Waals surface area contributed by atoms with Crippen molar-refractivity contribution in [2.75, 3.05) is 26.3 Å². The molecular weight excluding hydrogens is 282 g/mol. The first-order chi connectivity index (χ1) is 10.5. The van der Waals surface area contributed by atoms with Gasteiger partial charge in [0.15, 0.2) is 6.10 Å². The summed E-state index contributed by atoms with van der Waals surface area (Å²) in [6, 6.07) is 7.71. The van der Waals surface area contributed by atoms with Gasteiger partial charge in [0.2, 0.25) is 0 Å². The first-order valence-electron chi connectivity index (χ1n) is 7.75. The van der Waals surface area contributed by atoms with Crippen LogP contribution in [0.15, 0.2) is 24.3 Å². The van der Waals surface area contributed by atoms with E-state index >= 15 is 0 Å². The Balaban J connectivity index is 1.57. The van der Waals surface area contributed by atoms with Crippen molar-refractivity contribution in [3.05, 3.63) is 29.8 Å². The van der Waals surface area contributed by atoms with Crippen LogP contribution in [0.5, 0.6) is 5.75 Å². The maximum Gasteiger partial charge on any atom is 0.344 e. The van der Waals surface area contributed by atoms with E-state index in [1.54, 1.807) is 0 Å². The van der Waals surface area contributed by atoms with Crippen LogP contribution in [0, 0.1) is 11.3 Å². The fourth-order valence-electron chi connectivity index (χ4n) is 3.39. The lowest BCUT2D eigenvalue weighted by Crippen LogP contribution is -2.27. The Bertz CT molecular complexity index is 544. The molecule has 1 N–H and O–H groups in total. The summed E-state index contributed by atoms with van der Waals surface area (Å²) in [6.07, 6.45) is -0.830. The Morgan fingerprint density at radius 2 is 2.23 bits per heavy atom. The summed E-state index contributed by atoms with van der Waals surface area (Å²) in [6.45, 7) is 8.68. The maximum atomic E-state index is 10.8. The minimum Gasteiger partial charge on any atom is -0.479 e. The Labute approximate surface area is 130 Å². The van der Waals surface area contributed by atoms with E-state index < -0.39 is 12.1 Å². The number of carboxylic acids is 1. The van der Waals surface area contributed by atoms with Crippen LogP contribution in [-0.2, 0) is 16.1 Å². The molecular formula is C17H23NO4. The second kappa shape index (κ2) is 5.89. The normalized spacial score (nSPS) is 29.3. The number of carbonyl (C=O) groups is 1. The molecule has 2 fully saturated rings. The van der Waals surface area contributed by atoms with Gasteiger partial charge < -0.3 is 14.6 Å². The van der Waals surface area contributed by atoms with Crippen molar-refractivity contribution in [1.29, 1.82) is 0 Å². The third-order valence-corrected chi connectivity index (χ3v) is 4.79. The third-order valence-electron chi connectivity index (χ3n) is 4.79. The molecule has 0 saturated carbocycles. The molecule has 0 amide bonds. The fourth-order valence-corrected chi connectivity index (χ4v) is 3.39. The number of rotatable bonds is 5. The fraction of sp³-hybridized carbons (Fsp3) is 0.588. The van der Waals surface area contributed by atoms with E-state index in [-0.39, 0.29) is 0 Å². The molecule has 2 aliphatic heterocycles. The van der Waals surface area contributed by atoms with Gasteiger partial charge in [-0.25, -0.2) is 4.79 Å². The predicted octanol–water partition coefficient (Wildman–Crippen LogP) is 2.01. The van der Waals surface area contributed by atoms with Crippen LogP contribution in [0.3, 0.4) is 0 Å². The lowest BCUT2D eigenvalue weighted by atomic mass is 9.83. The number of nitrogens with zero attached hydrogens (tertiary/aromatic N) is 1. The van der Waals surface area contributed by atoms with Crippen molar-refractivity contribution in [3.63, 3.8) is 0 Å². The molecule has 5 nitrogen and oxygen atoms in total. The zero-order chi connectivity index (χ0) is 15.7. The van der Waals surface area contributed by atoms with Crippen molar-refractivity contribution >= 4 is 5.97 Å². The van der Waals surface area contributed by atoms with Crippen LogP contribution in [0.2, 0.25) is 0 Å². The van der Waals surface area contributed by atoms with Crippen molar-refractivity contribution in [2.24, 2.45) is 11.3 Å². The average molecular weight is 305 g/mol. The summed E-state index contributed by atoms with van der Waals surface area (Å²) >= 11 is 0. The summed E-state index contributed by atoms with van der Waals surface area (Å²) in [5.41, 5.74) is 1.53. The van der Waals surface area contributed by atoms with Gasteiger partial charge in [-0.1, -0.05) is 19.1 Å². The van der Waals surface area contributed by atoms with Crippen molar-refractivity contribution in [2.45, 2.75) is 26.5 Å². The lowest BCUT2D eigenvalue weighted by Gasteiger charge is -2.21. The Kier molecular flexibility index (Phi) is 4.10. The lowest BCUT2D eigenvalue weighted by molar-refractivity contribution is -0.144. The van der Waals surface area contributed by atoms with Crippen LogP contribution in [0.4, 0.5) is 0 Å². The van der Waals surface area contributed by atoms with Gasteiger partial charge in [0.25, 0.3) is 0 Å². The molecule has 1 aromatic rings. The first kappa shape index (κ1) is 15.3. The minimum atomic E-state index is -0.955. The third kappa shape index (κ3) is 3.10. The maximum absolute atomic E-state index is 10.8. The molecule has 0 aliphatic carbocycles. The van der Waals surface area contributed by atoms with Gasteiger partial charge in [0.05, 0.1) is 13.2 Å². The molecule has 3 rings (SSSR count). The van der Waals surface area contributed by atoms with Gasteiger partial charge in [-0.05, 0) is 24.6 Å². The van der Waals surface area contributed by atoms with Gasteiger partial charge >= 0.3 is 5.97 Å². The van der Waals surface area contributed by atoms with Gasteiger partial charge in [0.1, 0.15) is 5.75 Å². The molecule has 1 aromatic carbocycles. The molecule has 2 saturated heterocycles. The molecule has 0 bridgehead atoms. The second-order valence-electron chi connectivity index (χ2n) is 6.78. The Morgan fingerprint density at radius 3 is 2.86 bits per heavy atom. The minimum absolute atomic E-state index is 0.306. The van der Waals surface area contributed by atoms with Crippen LogP contribution in [0.25, 0.3) is 0 Å². The Hall–Kier alpha value is -1.59. The monoisotopic (exact) mass is 305 g/mol. The van der Waals surface area contributed by atoms with E-state index in [2.05, 4.69) is 11.8 Å². The molecule has 22 heavy (non-hydrogen) atoms. The van der Waals surface area contributed by atoms with Crippen molar-refractivity contribution in [3.8, 4) is 5.75 Å². The summed E-state index contributed by atoms with van der Waals surface area (Å²) in [5, 5.41) is 8.85. The van der Waals surface area contributed by atoms with Crippen LogP contribution in [0.1, 0.15) is 19.4 Å². The van der Waals surface area contributed by atoms with E-state index in [0.29, 0.717) is 17.1 Å². The smallest absolute Gasteiger partial charge is 0.344 e. The molecule has 120 valence electrons. The highest BCUT2D eigenvalue weighted by atomic mass is 16.5. The average Bonchev–Trinajstić information content (AvgIpc) is 2.95. The summed E-state index contributed by atoms with van der Waals surface area (Å²) in [5.74, 6) is 0.284. The van der Waals surface area contributed by atoms with Crippen LogP contribution >= 0.6 is 0 Å². The topological polar surface area (TPSA) is 59.0 Å². The number of likely N-dealkylation sites (tertiary alicyclic amines) is 1. The first-order valence-corrected chi connectivity index (χ1v) is 7.75. The van der Waals surface area contributed by atoms with E-state index in [9.17, 15) is 4.79 Å². The zero-order valence-electron chi connectivity index (χ0n) is 13.1. The highest BCUT2D eigenvalue weighted by Crippen LogP contribution is 2.41. The van der Waals surface area contributed by atoms with Crippen LogP contribution < -0.4 is 4.74 Å². The molecule has 3 unspecified atom stereocenters. The summed E-state index contributed by atoms with van der Waals surface area (Å²) in [7, 11) is 0.